The molecule has 22 heavy (non-hydrogen) atoms. The molecular weight excluding hydrogens is 280 g/mol. The van der Waals surface area contributed by atoms with Crippen LogP contribution in [-0.4, -0.2) is 24.3 Å². The molecule has 0 heterocycles. The van der Waals surface area contributed by atoms with Gasteiger partial charge in [0.2, 0.25) is 5.91 Å². The van der Waals surface area contributed by atoms with Gasteiger partial charge in [-0.15, -0.1) is 0 Å². The molecule has 0 unspecified atom stereocenters. The molecule has 2 aromatic rings. The Hall–Kier alpha value is -2.82. The van der Waals surface area contributed by atoms with Crippen LogP contribution in [0.5, 0.6) is 11.5 Å². The van der Waals surface area contributed by atoms with Crippen molar-refractivity contribution in [1.82, 2.24) is 5.43 Å². The van der Waals surface area contributed by atoms with Crippen molar-refractivity contribution in [2.24, 2.45) is 5.10 Å². The number of aromatic hydroxyl groups is 1. The van der Waals surface area contributed by atoms with Crippen molar-refractivity contribution in [2.75, 3.05) is 7.11 Å². The van der Waals surface area contributed by atoms with E-state index in [0.717, 1.165) is 5.56 Å². The number of nitrogens with one attached hydrogen (secondary N) is 1. The summed E-state index contributed by atoms with van der Waals surface area (Å²) in [4.78, 5) is 11.7. The second-order valence-corrected chi connectivity index (χ2v) is 4.70. The molecule has 5 heteroatoms. The lowest BCUT2D eigenvalue weighted by Crippen LogP contribution is -2.17. The predicted octanol–water partition coefficient (Wildman–Crippen LogP) is 2.48. The number of ether oxygens (including phenoxy) is 1. The zero-order chi connectivity index (χ0) is 15.8. The van der Waals surface area contributed by atoms with Gasteiger partial charge in [0, 0.05) is 12.0 Å². The summed E-state index contributed by atoms with van der Waals surface area (Å²) in [6.07, 6.45) is 2.40. The lowest BCUT2D eigenvalue weighted by atomic mass is 10.1. The Morgan fingerprint density at radius 1 is 1.27 bits per heavy atom. The maximum atomic E-state index is 11.7. The number of carbonyl (C=O) groups excluding carboxylic acids is 1. The minimum absolute atomic E-state index is 0.0723. The van der Waals surface area contributed by atoms with Gasteiger partial charge in [-0.05, 0) is 30.2 Å². The number of amides is 1. The number of phenols is 1. The summed E-state index contributed by atoms with van der Waals surface area (Å²) < 4.78 is 5.06. The van der Waals surface area contributed by atoms with E-state index in [9.17, 15) is 9.90 Å². The fourth-order valence-corrected chi connectivity index (χ4v) is 1.90. The molecule has 0 atom stereocenters. The van der Waals surface area contributed by atoms with Crippen molar-refractivity contribution in [1.29, 1.82) is 0 Å². The Kier molecular flexibility index (Phi) is 5.54. The first kappa shape index (κ1) is 15.6. The second-order valence-electron chi connectivity index (χ2n) is 4.70. The molecule has 2 rings (SSSR count). The highest BCUT2D eigenvalue weighted by atomic mass is 16.5. The van der Waals surface area contributed by atoms with Crippen LogP contribution in [0.3, 0.4) is 0 Å². The average Bonchev–Trinajstić information content (AvgIpc) is 2.55. The minimum Gasteiger partial charge on any atom is -0.507 e. The van der Waals surface area contributed by atoms with Gasteiger partial charge in [-0.1, -0.05) is 30.3 Å². The normalized spacial score (nSPS) is 10.6. The minimum atomic E-state index is -0.178. The number of hydrogen-bond acceptors (Lipinski definition) is 4. The zero-order valence-electron chi connectivity index (χ0n) is 12.3. The number of aryl methyl sites for hydroxylation is 1. The lowest BCUT2D eigenvalue weighted by Gasteiger charge is -2.03. The van der Waals surface area contributed by atoms with Crippen LogP contribution >= 0.6 is 0 Å². The standard InChI is InChI=1S/C17H18N2O3/c1-22-15-8-9-16(20)14(11-15)12-18-19-17(21)10-7-13-5-3-2-4-6-13/h2-6,8-9,11-12,20H,7,10H2,1H3,(H,19,21)/b18-12+. The molecule has 2 aromatic carbocycles. The third-order valence-corrected chi connectivity index (χ3v) is 3.11. The second kappa shape index (κ2) is 7.83. The van der Waals surface area contributed by atoms with Crippen LogP contribution in [0.2, 0.25) is 0 Å². The van der Waals surface area contributed by atoms with Crippen molar-refractivity contribution < 1.29 is 14.6 Å². The quantitative estimate of drug-likeness (QED) is 0.636. The van der Waals surface area contributed by atoms with Crippen LogP contribution in [-0.2, 0) is 11.2 Å². The first-order valence-corrected chi connectivity index (χ1v) is 6.92. The molecule has 0 aliphatic rings. The molecule has 0 fully saturated rings. The summed E-state index contributed by atoms with van der Waals surface area (Å²) in [6.45, 7) is 0. The van der Waals surface area contributed by atoms with Crippen molar-refractivity contribution in [3.8, 4) is 11.5 Å². The van der Waals surface area contributed by atoms with E-state index in [0.29, 0.717) is 24.2 Å². The fraction of sp³-hybridized carbons (Fsp3) is 0.176. The van der Waals surface area contributed by atoms with Gasteiger partial charge in [-0.3, -0.25) is 4.79 Å². The van der Waals surface area contributed by atoms with Crippen LogP contribution in [0, 0.1) is 0 Å². The summed E-state index contributed by atoms with van der Waals surface area (Å²) in [5.74, 6) is 0.500. The number of methoxy groups -OCH3 is 1. The van der Waals surface area contributed by atoms with E-state index < -0.39 is 0 Å². The van der Waals surface area contributed by atoms with Crippen LogP contribution in [0.4, 0.5) is 0 Å². The van der Waals surface area contributed by atoms with Gasteiger partial charge in [0.15, 0.2) is 0 Å². The third-order valence-electron chi connectivity index (χ3n) is 3.11. The number of phenolic OH excluding ortho intramolecular Hbond substituents is 1. The van der Waals surface area contributed by atoms with E-state index in [-0.39, 0.29) is 11.7 Å². The Bertz CT molecular complexity index is 654. The number of benzene rings is 2. The Morgan fingerprint density at radius 3 is 2.77 bits per heavy atom. The smallest absolute Gasteiger partial charge is 0.240 e. The van der Waals surface area contributed by atoms with E-state index >= 15 is 0 Å². The lowest BCUT2D eigenvalue weighted by molar-refractivity contribution is -0.121. The Balaban J connectivity index is 1.85. The van der Waals surface area contributed by atoms with Crippen molar-refractivity contribution in [2.45, 2.75) is 12.8 Å². The monoisotopic (exact) mass is 298 g/mol. The molecule has 0 aliphatic heterocycles. The number of carbonyl (C=O) groups is 1. The Morgan fingerprint density at radius 2 is 2.05 bits per heavy atom. The largest absolute Gasteiger partial charge is 0.507 e. The summed E-state index contributed by atoms with van der Waals surface area (Å²) in [5.41, 5.74) is 4.02. The third kappa shape index (κ3) is 4.63. The molecule has 0 saturated heterocycles. The van der Waals surface area contributed by atoms with E-state index in [2.05, 4.69) is 10.5 Å². The summed E-state index contributed by atoms with van der Waals surface area (Å²) >= 11 is 0. The maximum Gasteiger partial charge on any atom is 0.240 e. The van der Waals surface area contributed by atoms with E-state index in [1.807, 2.05) is 30.3 Å². The molecule has 0 radical (unpaired) electrons. The highest BCUT2D eigenvalue weighted by Gasteiger charge is 2.02. The number of rotatable bonds is 6. The molecular formula is C17H18N2O3. The van der Waals surface area contributed by atoms with E-state index in [1.165, 1.54) is 12.3 Å². The average molecular weight is 298 g/mol. The predicted molar refractivity (Wildman–Crippen MR) is 85.2 cm³/mol. The van der Waals surface area contributed by atoms with E-state index in [4.69, 9.17) is 4.74 Å². The van der Waals surface area contributed by atoms with Crippen LogP contribution in [0.25, 0.3) is 0 Å². The van der Waals surface area contributed by atoms with Gasteiger partial charge >= 0.3 is 0 Å². The van der Waals surface area contributed by atoms with Gasteiger partial charge in [-0.2, -0.15) is 5.10 Å². The number of hydrazone groups is 1. The topological polar surface area (TPSA) is 70.9 Å². The first-order valence-electron chi connectivity index (χ1n) is 6.92. The van der Waals surface area contributed by atoms with Crippen molar-refractivity contribution >= 4 is 12.1 Å². The summed E-state index contributed by atoms with van der Waals surface area (Å²) in [5, 5.41) is 13.5. The molecule has 0 aromatic heterocycles. The van der Waals surface area contributed by atoms with Crippen molar-refractivity contribution in [3.63, 3.8) is 0 Å². The molecule has 0 spiro atoms. The number of nitrogens with zero attached hydrogens (tertiary/aromatic N) is 1. The SMILES string of the molecule is COc1ccc(O)c(/C=N/NC(=O)CCc2ccccc2)c1. The van der Waals surface area contributed by atoms with Crippen LogP contribution < -0.4 is 10.2 Å². The molecule has 5 nitrogen and oxygen atoms in total. The Labute approximate surface area is 129 Å². The summed E-state index contributed by atoms with van der Waals surface area (Å²) in [7, 11) is 1.54. The van der Waals surface area contributed by atoms with Crippen LogP contribution in [0.1, 0.15) is 17.5 Å². The van der Waals surface area contributed by atoms with Gasteiger partial charge in [0.25, 0.3) is 0 Å². The van der Waals surface area contributed by atoms with Gasteiger partial charge in [0.05, 0.1) is 13.3 Å². The van der Waals surface area contributed by atoms with Gasteiger partial charge in [0.1, 0.15) is 11.5 Å². The molecule has 0 aliphatic carbocycles. The summed E-state index contributed by atoms with van der Waals surface area (Å²) in [6, 6.07) is 14.6. The maximum absolute atomic E-state index is 11.7. The molecule has 2 N–H and O–H groups in total. The molecule has 1 amide bonds. The van der Waals surface area contributed by atoms with Crippen LogP contribution in [0.15, 0.2) is 53.6 Å². The van der Waals surface area contributed by atoms with Crippen molar-refractivity contribution in [3.05, 3.63) is 59.7 Å². The highest BCUT2D eigenvalue weighted by Crippen LogP contribution is 2.20. The molecule has 114 valence electrons. The first-order chi connectivity index (χ1) is 10.7. The van der Waals surface area contributed by atoms with Gasteiger partial charge in [-0.25, -0.2) is 5.43 Å². The zero-order valence-corrected chi connectivity index (χ0v) is 12.3. The molecule has 0 saturated carbocycles. The highest BCUT2D eigenvalue weighted by molar-refractivity contribution is 5.85. The molecule has 0 bridgehead atoms. The van der Waals surface area contributed by atoms with Gasteiger partial charge < -0.3 is 9.84 Å². The van der Waals surface area contributed by atoms with E-state index in [1.54, 1.807) is 19.2 Å². The number of hydrogen-bond donors (Lipinski definition) is 2. The fourth-order valence-electron chi connectivity index (χ4n) is 1.90.